The number of rotatable bonds is 4. The maximum Gasteiger partial charge on any atom is 0.271 e. The average Bonchev–Trinajstić information content (AvgIpc) is 2.61. The fourth-order valence-electron chi connectivity index (χ4n) is 2.98. The molecular weight excluding hydrogens is 358 g/mol. The van der Waals surface area contributed by atoms with E-state index in [1.54, 1.807) is 0 Å². The van der Waals surface area contributed by atoms with Gasteiger partial charge in [0, 0.05) is 25.2 Å². The molecule has 1 saturated heterocycles. The first-order valence-electron chi connectivity index (χ1n) is 8.28. The molecule has 3 rings (SSSR count). The highest BCUT2D eigenvalue weighted by molar-refractivity contribution is 5.95. The van der Waals surface area contributed by atoms with Gasteiger partial charge < -0.3 is 21.7 Å². The lowest BCUT2D eigenvalue weighted by molar-refractivity contribution is 0.0927. The summed E-state index contributed by atoms with van der Waals surface area (Å²) in [5, 5.41) is 2.74. The minimum absolute atomic E-state index is 0.0699. The van der Waals surface area contributed by atoms with Gasteiger partial charge in [0.15, 0.2) is 11.5 Å². The number of nitrogens with two attached hydrogens (primary N) is 2. The number of carbonyl (C=O) groups excluding carboxylic acids is 2. The van der Waals surface area contributed by atoms with E-state index in [-0.39, 0.29) is 23.1 Å². The van der Waals surface area contributed by atoms with E-state index >= 15 is 0 Å². The number of nitrogens with zero attached hydrogens (tertiary/aromatic N) is 3. The van der Waals surface area contributed by atoms with Gasteiger partial charge in [-0.25, -0.2) is 18.7 Å². The maximum atomic E-state index is 13.8. The average molecular weight is 376 g/mol. The molecule has 1 aliphatic rings. The fourth-order valence-corrected chi connectivity index (χ4v) is 2.98. The van der Waals surface area contributed by atoms with Gasteiger partial charge >= 0.3 is 0 Å². The molecule has 2 amide bonds. The number of primary amides is 1. The van der Waals surface area contributed by atoms with Gasteiger partial charge in [-0.1, -0.05) is 0 Å². The lowest BCUT2D eigenvalue weighted by Crippen LogP contribution is -2.48. The molecule has 0 spiro atoms. The second-order valence-electron chi connectivity index (χ2n) is 6.21. The first-order valence-corrected chi connectivity index (χ1v) is 8.28. The Hall–Kier alpha value is -3.30. The molecule has 0 aliphatic carbocycles. The van der Waals surface area contributed by atoms with Crippen LogP contribution in [0.1, 0.15) is 33.7 Å². The predicted octanol–water partition coefficient (Wildman–Crippen LogP) is 0.835. The Kier molecular flexibility index (Phi) is 5.15. The Bertz CT molecular complexity index is 892. The van der Waals surface area contributed by atoms with Gasteiger partial charge in [-0.15, -0.1) is 0 Å². The molecule has 2 heterocycles. The second-order valence-corrected chi connectivity index (χ2v) is 6.21. The number of amides is 2. The summed E-state index contributed by atoms with van der Waals surface area (Å²) in [6, 6.07) is 2.54. The molecule has 1 aliphatic heterocycles. The molecule has 0 bridgehead atoms. The van der Waals surface area contributed by atoms with Gasteiger partial charge in [0.25, 0.3) is 11.8 Å². The van der Waals surface area contributed by atoms with Gasteiger partial charge in [0.2, 0.25) is 0 Å². The Balaban J connectivity index is 1.70. The first-order chi connectivity index (χ1) is 12.8. The van der Waals surface area contributed by atoms with E-state index < -0.39 is 23.4 Å². The van der Waals surface area contributed by atoms with Gasteiger partial charge in [-0.3, -0.25) is 9.59 Å². The van der Waals surface area contributed by atoms with E-state index in [4.69, 9.17) is 11.5 Å². The van der Waals surface area contributed by atoms with E-state index in [0.717, 1.165) is 18.6 Å². The Morgan fingerprint density at radius 1 is 1.30 bits per heavy atom. The Labute approximate surface area is 153 Å². The molecule has 27 heavy (non-hydrogen) atoms. The summed E-state index contributed by atoms with van der Waals surface area (Å²) in [5.41, 5.74) is 10.5. The number of piperidine rings is 1. The SMILES string of the molecule is NC(=O)c1ncc(N2CCC[C@@H](NC(=O)c3ccc(F)cc3F)C2)nc1N. The molecule has 0 radical (unpaired) electrons. The summed E-state index contributed by atoms with van der Waals surface area (Å²) in [5.74, 6) is -2.67. The zero-order chi connectivity index (χ0) is 19.6. The van der Waals surface area contributed by atoms with Crippen molar-refractivity contribution in [3.63, 3.8) is 0 Å². The summed E-state index contributed by atoms with van der Waals surface area (Å²) < 4.78 is 26.8. The number of hydrogen-bond acceptors (Lipinski definition) is 6. The van der Waals surface area contributed by atoms with Crippen molar-refractivity contribution in [1.82, 2.24) is 15.3 Å². The lowest BCUT2D eigenvalue weighted by atomic mass is 10.0. The number of nitrogen functional groups attached to an aromatic ring is 1. The molecular formula is C17H18F2N6O2. The summed E-state index contributed by atoms with van der Waals surface area (Å²) in [6.45, 7) is 1.06. The number of halogens is 2. The highest BCUT2D eigenvalue weighted by atomic mass is 19.1. The molecule has 10 heteroatoms. The van der Waals surface area contributed by atoms with Crippen LogP contribution in [0.25, 0.3) is 0 Å². The van der Waals surface area contributed by atoms with E-state index in [2.05, 4.69) is 15.3 Å². The third kappa shape index (κ3) is 4.10. The largest absolute Gasteiger partial charge is 0.382 e. The molecule has 1 aromatic heterocycles. The van der Waals surface area contributed by atoms with Gasteiger partial charge in [0.05, 0.1) is 11.8 Å². The topological polar surface area (TPSA) is 127 Å². The molecule has 0 unspecified atom stereocenters. The normalized spacial score (nSPS) is 16.8. The number of nitrogens with one attached hydrogen (secondary N) is 1. The Morgan fingerprint density at radius 3 is 2.74 bits per heavy atom. The zero-order valence-electron chi connectivity index (χ0n) is 14.3. The third-order valence-corrected chi connectivity index (χ3v) is 4.28. The molecule has 0 saturated carbocycles. The van der Waals surface area contributed by atoms with Crippen LogP contribution in [0, 0.1) is 11.6 Å². The smallest absolute Gasteiger partial charge is 0.271 e. The molecule has 1 fully saturated rings. The highest BCUT2D eigenvalue weighted by Gasteiger charge is 2.25. The highest BCUT2D eigenvalue weighted by Crippen LogP contribution is 2.20. The van der Waals surface area contributed by atoms with Crippen LogP contribution in [0.5, 0.6) is 0 Å². The van der Waals surface area contributed by atoms with E-state index in [0.29, 0.717) is 31.4 Å². The molecule has 2 aromatic rings. The number of benzene rings is 1. The quantitative estimate of drug-likeness (QED) is 0.725. The van der Waals surface area contributed by atoms with Crippen LogP contribution in [-0.4, -0.2) is 40.9 Å². The Morgan fingerprint density at radius 2 is 2.07 bits per heavy atom. The molecule has 1 atom stereocenters. The molecule has 5 N–H and O–H groups in total. The minimum atomic E-state index is -0.916. The van der Waals surface area contributed by atoms with Crippen molar-refractivity contribution < 1.29 is 18.4 Å². The number of aromatic nitrogens is 2. The lowest BCUT2D eigenvalue weighted by Gasteiger charge is -2.33. The van der Waals surface area contributed by atoms with Gasteiger partial charge in [-0.05, 0) is 25.0 Å². The van der Waals surface area contributed by atoms with Crippen molar-refractivity contribution in [3.8, 4) is 0 Å². The van der Waals surface area contributed by atoms with Crippen LogP contribution in [0.15, 0.2) is 24.4 Å². The molecule has 8 nitrogen and oxygen atoms in total. The molecule has 142 valence electrons. The predicted molar refractivity (Wildman–Crippen MR) is 94.0 cm³/mol. The minimum Gasteiger partial charge on any atom is -0.382 e. The van der Waals surface area contributed by atoms with Crippen LogP contribution < -0.4 is 21.7 Å². The summed E-state index contributed by atoms with van der Waals surface area (Å²) >= 11 is 0. The number of anilines is 2. The van der Waals surface area contributed by atoms with E-state index in [9.17, 15) is 18.4 Å². The van der Waals surface area contributed by atoms with Crippen molar-refractivity contribution in [1.29, 1.82) is 0 Å². The summed E-state index contributed by atoms with van der Waals surface area (Å²) in [6.07, 6.45) is 2.82. The van der Waals surface area contributed by atoms with Crippen molar-refractivity contribution in [2.75, 3.05) is 23.7 Å². The third-order valence-electron chi connectivity index (χ3n) is 4.28. The fraction of sp³-hybridized carbons (Fsp3) is 0.294. The standard InChI is InChI=1S/C17H18F2N6O2/c18-9-3-4-11(12(19)6-9)17(27)23-10-2-1-5-25(8-10)13-7-22-14(16(21)26)15(20)24-13/h3-4,6-7,10H,1-2,5,8H2,(H2,20,24)(H2,21,26)(H,23,27)/t10-/m1/s1. The van der Waals surface area contributed by atoms with Gasteiger partial charge in [-0.2, -0.15) is 0 Å². The number of hydrogen-bond donors (Lipinski definition) is 3. The van der Waals surface area contributed by atoms with Crippen LogP contribution in [0.2, 0.25) is 0 Å². The van der Waals surface area contributed by atoms with Crippen LogP contribution in [0.3, 0.4) is 0 Å². The van der Waals surface area contributed by atoms with Crippen molar-refractivity contribution in [2.24, 2.45) is 5.73 Å². The maximum absolute atomic E-state index is 13.8. The zero-order valence-corrected chi connectivity index (χ0v) is 14.3. The van der Waals surface area contributed by atoms with Gasteiger partial charge in [0.1, 0.15) is 17.5 Å². The van der Waals surface area contributed by atoms with Crippen molar-refractivity contribution >= 4 is 23.5 Å². The number of carbonyl (C=O) groups is 2. The van der Waals surface area contributed by atoms with Crippen LogP contribution in [-0.2, 0) is 0 Å². The van der Waals surface area contributed by atoms with Crippen LogP contribution in [0.4, 0.5) is 20.4 Å². The van der Waals surface area contributed by atoms with Crippen molar-refractivity contribution in [3.05, 3.63) is 47.3 Å². The molecule has 1 aromatic carbocycles. The van der Waals surface area contributed by atoms with Crippen molar-refractivity contribution in [2.45, 2.75) is 18.9 Å². The summed E-state index contributed by atoms with van der Waals surface area (Å²) in [4.78, 5) is 33.4. The van der Waals surface area contributed by atoms with E-state index in [1.165, 1.54) is 6.20 Å². The van der Waals surface area contributed by atoms with Crippen LogP contribution >= 0.6 is 0 Å². The first kappa shape index (κ1) is 18.5. The summed E-state index contributed by atoms with van der Waals surface area (Å²) in [7, 11) is 0. The monoisotopic (exact) mass is 376 g/mol. The second kappa shape index (κ2) is 7.52. The van der Waals surface area contributed by atoms with E-state index in [1.807, 2.05) is 4.90 Å².